The summed E-state index contributed by atoms with van der Waals surface area (Å²) in [7, 11) is 1.60. The van der Waals surface area contributed by atoms with Crippen molar-refractivity contribution in [3.8, 4) is 5.75 Å². The minimum Gasteiger partial charge on any atom is -0.496 e. The number of hydrogen-bond acceptors (Lipinski definition) is 7. The summed E-state index contributed by atoms with van der Waals surface area (Å²) in [4.78, 5) is 13.0. The third-order valence-corrected chi connectivity index (χ3v) is 5.10. The summed E-state index contributed by atoms with van der Waals surface area (Å²) in [5.74, 6) is 0.779. The number of allylic oxidation sites excluding steroid dienone is 1. The lowest BCUT2D eigenvalue weighted by molar-refractivity contribution is -0.139. The van der Waals surface area contributed by atoms with Crippen LogP contribution in [0.2, 0.25) is 0 Å². The molecule has 2 heterocycles. The quantitative estimate of drug-likeness (QED) is 0.479. The van der Waals surface area contributed by atoms with E-state index >= 15 is 0 Å². The molecule has 3 rings (SSSR count). The van der Waals surface area contributed by atoms with Gasteiger partial charge in [0, 0.05) is 11.3 Å². The van der Waals surface area contributed by atoms with E-state index in [1.54, 1.807) is 11.8 Å². The number of nitrogens with one attached hydrogen (secondary N) is 1. The number of esters is 1. The first-order valence-corrected chi connectivity index (χ1v) is 10.2. The molecule has 1 atom stereocenters. The van der Waals surface area contributed by atoms with Crippen molar-refractivity contribution in [1.82, 2.24) is 20.2 Å². The fourth-order valence-corrected chi connectivity index (χ4v) is 3.58. The van der Waals surface area contributed by atoms with Crippen molar-refractivity contribution < 1.29 is 14.3 Å². The number of carbonyl (C=O) groups excluding carboxylic acids is 1. The van der Waals surface area contributed by atoms with E-state index in [-0.39, 0.29) is 5.97 Å². The second-order valence-corrected chi connectivity index (χ2v) is 7.16. The number of anilines is 1. The maximum Gasteiger partial charge on any atom is 0.338 e. The van der Waals surface area contributed by atoms with Gasteiger partial charge in [0.2, 0.25) is 5.95 Å². The first-order valence-electron chi connectivity index (χ1n) is 10.2. The minimum absolute atomic E-state index is 0.361. The Morgan fingerprint density at radius 1 is 1.17 bits per heavy atom. The van der Waals surface area contributed by atoms with Crippen LogP contribution in [0.4, 0.5) is 5.95 Å². The maximum atomic E-state index is 13.0. The molecule has 0 fully saturated rings. The molecule has 1 N–H and O–H groups in total. The van der Waals surface area contributed by atoms with Gasteiger partial charge in [-0.3, -0.25) is 0 Å². The van der Waals surface area contributed by atoms with Gasteiger partial charge in [-0.1, -0.05) is 62.3 Å². The normalized spacial score (nSPS) is 15.6. The topological polar surface area (TPSA) is 91.2 Å². The highest BCUT2D eigenvalue weighted by Gasteiger charge is 2.36. The Morgan fingerprint density at radius 3 is 2.72 bits per heavy atom. The van der Waals surface area contributed by atoms with E-state index in [9.17, 15) is 4.79 Å². The number of carbonyl (C=O) groups is 1. The molecule has 0 radical (unpaired) electrons. The van der Waals surface area contributed by atoms with Crippen molar-refractivity contribution in [2.75, 3.05) is 19.0 Å². The van der Waals surface area contributed by atoms with E-state index in [1.165, 1.54) is 25.7 Å². The zero-order valence-electron chi connectivity index (χ0n) is 17.4. The number of methoxy groups -OCH3 is 1. The highest BCUT2D eigenvalue weighted by molar-refractivity contribution is 5.92. The number of ether oxygens (including phenoxy) is 2. The van der Waals surface area contributed by atoms with Crippen LogP contribution in [0.1, 0.15) is 64.0 Å². The van der Waals surface area contributed by atoms with Crippen molar-refractivity contribution >= 4 is 11.9 Å². The van der Waals surface area contributed by atoms with E-state index < -0.39 is 6.04 Å². The predicted octanol–water partition coefficient (Wildman–Crippen LogP) is 3.87. The van der Waals surface area contributed by atoms with Crippen molar-refractivity contribution in [2.24, 2.45) is 0 Å². The Labute approximate surface area is 171 Å². The number of tetrazole rings is 1. The maximum absolute atomic E-state index is 13.0. The van der Waals surface area contributed by atoms with E-state index in [2.05, 4.69) is 27.8 Å². The summed E-state index contributed by atoms with van der Waals surface area (Å²) in [5.41, 5.74) is 1.97. The number of rotatable bonds is 10. The van der Waals surface area contributed by atoms with Crippen LogP contribution in [0, 0.1) is 0 Å². The minimum atomic E-state index is -0.519. The van der Waals surface area contributed by atoms with Gasteiger partial charge in [0.05, 0.1) is 19.3 Å². The van der Waals surface area contributed by atoms with E-state index in [0.29, 0.717) is 29.6 Å². The van der Waals surface area contributed by atoms with Gasteiger partial charge in [0.25, 0.3) is 0 Å². The van der Waals surface area contributed by atoms with Crippen LogP contribution >= 0.6 is 0 Å². The van der Waals surface area contributed by atoms with E-state index in [1.807, 2.05) is 31.2 Å². The van der Waals surface area contributed by atoms with Crippen LogP contribution < -0.4 is 10.1 Å². The molecule has 1 aliphatic rings. The fourth-order valence-electron chi connectivity index (χ4n) is 3.58. The molecule has 0 aliphatic carbocycles. The van der Waals surface area contributed by atoms with Crippen molar-refractivity contribution in [3.63, 3.8) is 0 Å². The molecule has 0 bridgehead atoms. The zero-order valence-corrected chi connectivity index (χ0v) is 17.4. The van der Waals surface area contributed by atoms with Crippen LogP contribution in [0.25, 0.3) is 0 Å². The van der Waals surface area contributed by atoms with Crippen LogP contribution in [-0.2, 0) is 9.53 Å². The molecular formula is C21H29N5O3. The second kappa shape index (κ2) is 10.0. The smallest absolute Gasteiger partial charge is 0.338 e. The van der Waals surface area contributed by atoms with Gasteiger partial charge in [-0.05, 0) is 29.8 Å². The third-order valence-electron chi connectivity index (χ3n) is 5.10. The van der Waals surface area contributed by atoms with Crippen molar-refractivity contribution in [3.05, 3.63) is 41.1 Å². The largest absolute Gasteiger partial charge is 0.496 e. The highest BCUT2D eigenvalue weighted by Crippen LogP contribution is 2.38. The Morgan fingerprint density at radius 2 is 1.93 bits per heavy atom. The molecule has 1 aromatic heterocycles. The van der Waals surface area contributed by atoms with Gasteiger partial charge < -0.3 is 14.8 Å². The Balaban J connectivity index is 1.77. The third kappa shape index (κ3) is 4.75. The molecular weight excluding hydrogens is 370 g/mol. The summed E-state index contributed by atoms with van der Waals surface area (Å²) in [6.07, 6.45) is 6.82. The molecule has 0 spiro atoms. The van der Waals surface area contributed by atoms with Crippen LogP contribution in [-0.4, -0.2) is 39.9 Å². The average Bonchev–Trinajstić information content (AvgIpc) is 3.19. The van der Waals surface area contributed by atoms with Crippen LogP contribution in [0.3, 0.4) is 0 Å². The number of aromatic nitrogens is 4. The molecule has 0 saturated heterocycles. The van der Waals surface area contributed by atoms with Gasteiger partial charge in [0.15, 0.2) is 0 Å². The first kappa shape index (κ1) is 20.8. The van der Waals surface area contributed by atoms with Crippen LogP contribution in [0.5, 0.6) is 5.75 Å². The van der Waals surface area contributed by atoms with Gasteiger partial charge >= 0.3 is 5.97 Å². The second-order valence-electron chi connectivity index (χ2n) is 7.16. The Bertz CT molecular complexity index is 862. The number of fused-ring (bicyclic) bond motifs is 1. The summed E-state index contributed by atoms with van der Waals surface area (Å²) >= 11 is 0. The number of unbranched alkanes of at least 4 members (excludes halogenated alkanes) is 5. The molecule has 0 saturated carbocycles. The van der Waals surface area contributed by atoms with Crippen molar-refractivity contribution in [1.29, 1.82) is 0 Å². The van der Waals surface area contributed by atoms with Crippen LogP contribution in [0.15, 0.2) is 35.5 Å². The molecule has 156 valence electrons. The van der Waals surface area contributed by atoms with E-state index in [4.69, 9.17) is 9.47 Å². The lowest BCUT2D eigenvalue weighted by Gasteiger charge is -2.28. The van der Waals surface area contributed by atoms with Gasteiger partial charge in [-0.25, -0.2) is 4.79 Å². The number of nitrogens with zero attached hydrogens (tertiary/aromatic N) is 4. The molecule has 2 aromatic rings. The van der Waals surface area contributed by atoms with E-state index in [0.717, 1.165) is 18.4 Å². The molecule has 8 heteroatoms. The summed E-state index contributed by atoms with van der Waals surface area (Å²) in [6, 6.07) is 7.04. The first-order chi connectivity index (χ1) is 14.2. The number of benzene rings is 1. The Kier molecular flexibility index (Phi) is 7.21. The SMILES string of the molecule is CCCCCCCCOC(=O)C1=C(C)Nc2nnnn2[C@@H]1c1ccccc1OC. The lowest BCUT2D eigenvalue weighted by atomic mass is 9.95. The summed E-state index contributed by atoms with van der Waals surface area (Å²) in [6.45, 7) is 4.44. The monoisotopic (exact) mass is 399 g/mol. The highest BCUT2D eigenvalue weighted by atomic mass is 16.5. The molecule has 8 nitrogen and oxygen atoms in total. The molecule has 29 heavy (non-hydrogen) atoms. The standard InChI is InChI=1S/C21H29N5O3/c1-4-5-6-7-8-11-14-29-20(27)18-15(2)22-21-23-24-25-26(21)19(18)16-12-9-10-13-17(16)28-3/h9-10,12-13,19H,4-8,11,14H2,1-3H3,(H,22,23,25)/t19-/m1/s1. The molecule has 1 aromatic carbocycles. The Hall–Kier alpha value is -2.90. The summed E-state index contributed by atoms with van der Waals surface area (Å²) < 4.78 is 12.7. The molecule has 0 amide bonds. The van der Waals surface area contributed by atoms with Gasteiger partial charge in [0.1, 0.15) is 11.8 Å². The lowest BCUT2D eigenvalue weighted by Crippen LogP contribution is -2.30. The number of hydrogen-bond donors (Lipinski definition) is 1. The molecule has 0 unspecified atom stereocenters. The van der Waals surface area contributed by atoms with Crippen molar-refractivity contribution in [2.45, 2.75) is 58.4 Å². The van der Waals surface area contributed by atoms with Gasteiger partial charge in [-0.15, -0.1) is 0 Å². The summed E-state index contributed by atoms with van der Waals surface area (Å²) in [5, 5.41) is 15.0. The fraction of sp³-hybridized carbons (Fsp3) is 0.524. The zero-order chi connectivity index (χ0) is 20.6. The number of para-hydroxylation sites is 1. The predicted molar refractivity (Wildman–Crippen MR) is 110 cm³/mol. The average molecular weight is 399 g/mol. The van der Waals surface area contributed by atoms with Gasteiger partial charge in [-0.2, -0.15) is 4.68 Å². The molecule has 1 aliphatic heterocycles.